The molecule has 0 saturated heterocycles. The second-order valence-electron chi connectivity index (χ2n) is 7.13. The Morgan fingerprint density at radius 2 is 1.44 bits per heavy atom. The Hall–Kier alpha value is -4.03. The van der Waals surface area contributed by atoms with Gasteiger partial charge in [0, 0.05) is 23.9 Å². The number of methoxy groups -OCH3 is 2. The third kappa shape index (κ3) is 4.16. The van der Waals surface area contributed by atoms with Gasteiger partial charge in [0.2, 0.25) is 0 Å². The van der Waals surface area contributed by atoms with Crippen molar-refractivity contribution in [2.24, 2.45) is 0 Å². The molecule has 0 aliphatic carbocycles. The lowest BCUT2D eigenvalue weighted by molar-refractivity contribution is 0.395. The topological polar surface area (TPSA) is 128 Å². The summed E-state index contributed by atoms with van der Waals surface area (Å²) in [6.45, 7) is 0. The fourth-order valence-corrected chi connectivity index (χ4v) is 5.13. The molecule has 10 nitrogen and oxygen atoms in total. The lowest BCUT2D eigenvalue weighted by atomic mass is 10.2. The summed E-state index contributed by atoms with van der Waals surface area (Å²) in [6, 6.07) is 17.2. The largest absolute Gasteiger partial charge is 0.497 e. The molecule has 2 aromatic heterocycles. The molecule has 0 unspecified atom stereocenters. The van der Waals surface area contributed by atoms with Gasteiger partial charge in [0.15, 0.2) is 11.6 Å². The highest BCUT2D eigenvalue weighted by Gasteiger charge is 2.23. The van der Waals surface area contributed by atoms with Gasteiger partial charge in [-0.3, -0.25) is 4.72 Å². The summed E-state index contributed by atoms with van der Waals surface area (Å²) in [6.07, 6.45) is 0. The molecule has 5 rings (SSSR count). The van der Waals surface area contributed by atoms with Crippen molar-refractivity contribution in [2.75, 3.05) is 24.3 Å². The van der Waals surface area contributed by atoms with Gasteiger partial charge in [-0.05, 0) is 24.3 Å². The first kappa shape index (κ1) is 21.8. The van der Waals surface area contributed by atoms with Gasteiger partial charge >= 0.3 is 0 Å². The number of fused-ring (bicyclic) bond motifs is 2. The first-order valence-electron chi connectivity index (χ1n) is 9.98. The molecule has 2 N–H and O–H groups in total. The van der Waals surface area contributed by atoms with Crippen LogP contribution < -0.4 is 19.5 Å². The third-order valence-corrected chi connectivity index (χ3v) is 6.87. The maximum Gasteiger partial charge on any atom is 0.265 e. The zero-order valence-corrected chi connectivity index (χ0v) is 19.6. The number of benzene rings is 3. The van der Waals surface area contributed by atoms with E-state index < -0.39 is 10.0 Å². The highest BCUT2D eigenvalue weighted by molar-refractivity contribution is 7.93. The van der Waals surface area contributed by atoms with Gasteiger partial charge in [-0.1, -0.05) is 18.2 Å². The first-order chi connectivity index (χ1) is 16.5. The van der Waals surface area contributed by atoms with Gasteiger partial charge in [-0.25, -0.2) is 18.4 Å². The highest BCUT2D eigenvalue weighted by Crippen LogP contribution is 2.32. The van der Waals surface area contributed by atoms with Crippen molar-refractivity contribution in [1.29, 1.82) is 0 Å². The minimum absolute atomic E-state index is 0.00251. The molecule has 34 heavy (non-hydrogen) atoms. The van der Waals surface area contributed by atoms with Crippen molar-refractivity contribution in [3.05, 3.63) is 60.7 Å². The number of nitrogens with one attached hydrogen (secondary N) is 2. The van der Waals surface area contributed by atoms with Crippen molar-refractivity contribution >= 4 is 61.1 Å². The number of aromatic nitrogens is 4. The molecule has 3 aromatic carbocycles. The summed E-state index contributed by atoms with van der Waals surface area (Å²) in [5, 5.41) is 3.13. The van der Waals surface area contributed by atoms with Gasteiger partial charge in [0.05, 0.1) is 37.0 Å². The van der Waals surface area contributed by atoms with Crippen LogP contribution in [0.25, 0.3) is 22.1 Å². The van der Waals surface area contributed by atoms with Gasteiger partial charge in [-0.15, -0.1) is 0 Å². The van der Waals surface area contributed by atoms with Crippen LogP contribution in [-0.2, 0) is 10.0 Å². The monoisotopic (exact) mass is 494 g/mol. The minimum Gasteiger partial charge on any atom is -0.497 e. The minimum atomic E-state index is -4.06. The predicted octanol–water partition coefficient (Wildman–Crippen LogP) is 4.20. The van der Waals surface area contributed by atoms with Crippen molar-refractivity contribution in [3.8, 4) is 11.5 Å². The van der Waals surface area contributed by atoms with E-state index in [0.717, 1.165) is 11.7 Å². The second-order valence-corrected chi connectivity index (χ2v) is 9.31. The molecule has 12 heteroatoms. The average molecular weight is 495 g/mol. The van der Waals surface area contributed by atoms with Crippen LogP contribution in [0.5, 0.6) is 11.5 Å². The third-order valence-electron chi connectivity index (χ3n) is 4.95. The molecule has 2 heterocycles. The second kappa shape index (κ2) is 8.72. The SMILES string of the molecule is COc1cc(Nc2nc3ccccc3nc2NS(=O)(=O)c2cccc3nsnc23)cc(OC)c1. The van der Waals surface area contributed by atoms with E-state index in [0.29, 0.717) is 39.3 Å². The molecule has 0 atom stereocenters. The molecular weight excluding hydrogens is 476 g/mol. The van der Waals surface area contributed by atoms with E-state index in [1.807, 2.05) is 6.07 Å². The Labute approximate surface area is 199 Å². The molecule has 0 amide bonds. The Bertz CT molecular complexity index is 1600. The molecule has 0 spiro atoms. The lowest BCUT2D eigenvalue weighted by Gasteiger charge is -2.15. The molecule has 0 bridgehead atoms. The maximum absolute atomic E-state index is 13.3. The number of hydrogen-bond donors (Lipinski definition) is 2. The fraction of sp³-hybridized carbons (Fsp3) is 0.0909. The Balaban J connectivity index is 1.61. The summed E-state index contributed by atoms with van der Waals surface area (Å²) in [7, 11) is -0.970. The van der Waals surface area contributed by atoms with E-state index in [-0.39, 0.29) is 16.5 Å². The molecule has 0 radical (unpaired) electrons. The lowest BCUT2D eigenvalue weighted by Crippen LogP contribution is -2.16. The molecule has 5 aromatic rings. The zero-order valence-electron chi connectivity index (χ0n) is 18.0. The van der Waals surface area contributed by atoms with Crippen molar-refractivity contribution in [1.82, 2.24) is 18.7 Å². The fourth-order valence-electron chi connectivity index (χ4n) is 3.36. The zero-order chi connectivity index (χ0) is 23.7. The quantitative estimate of drug-likeness (QED) is 0.342. The van der Waals surface area contributed by atoms with Crippen LogP contribution in [0.2, 0.25) is 0 Å². The van der Waals surface area contributed by atoms with Crippen molar-refractivity contribution in [2.45, 2.75) is 4.90 Å². The number of rotatable bonds is 7. The van der Waals surface area contributed by atoms with E-state index in [1.165, 1.54) is 6.07 Å². The normalized spacial score (nSPS) is 11.5. The number of anilines is 3. The van der Waals surface area contributed by atoms with Gasteiger partial charge in [0.25, 0.3) is 10.0 Å². The first-order valence-corrected chi connectivity index (χ1v) is 12.2. The standard InChI is InChI=1S/C22H18N6O4S2/c1-31-14-10-13(11-15(12-14)32-2)23-21-22(25-17-7-4-3-6-16(17)24-21)28-34(29,30)19-9-5-8-18-20(19)27-33-26-18/h3-12H,1-2H3,(H,23,24)(H,25,28). The van der Waals surface area contributed by atoms with Crippen LogP contribution in [0.4, 0.5) is 17.3 Å². The van der Waals surface area contributed by atoms with E-state index >= 15 is 0 Å². The number of ether oxygens (including phenoxy) is 2. The number of nitrogens with zero attached hydrogens (tertiary/aromatic N) is 4. The molecular formula is C22H18N6O4S2. The Kier molecular flexibility index (Phi) is 5.59. The summed E-state index contributed by atoms with van der Waals surface area (Å²) in [5.74, 6) is 1.35. The van der Waals surface area contributed by atoms with Gasteiger partial charge in [0.1, 0.15) is 27.4 Å². The van der Waals surface area contributed by atoms with E-state index in [2.05, 4.69) is 28.8 Å². The van der Waals surface area contributed by atoms with Gasteiger partial charge in [-0.2, -0.15) is 8.75 Å². The summed E-state index contributed by atoms with van der Waals surface area (Å²) < 4.78 is 48.2. The highest BCUT2D eigenvalue weighted by atomic mass is 32.2. The van der Waals surface area contributed by atoms with Crippen LogP contribution in [0.3, 0.4) is 0 Å². The number of para-hydroxylation sites is 2. The average Bonchev–Trinajstić information content (AvgIpc) is 3.33. The summed E-state index contributed by atoms with van der Waals surface area (Å²) in [5.41, 5.74) is 2.49. The van der Waals surface area contributed by atoms with Crippen LogP contribution in [0.1, 0.15) is 0 Å². The van der Waals surface area contributed by atoms with E-state index in [1.54, 1.807) is 62.8 Å². The summed E-state index contributed by atoms with van der Waals surface area (Å²) in [4.78, 5) is 9.13. The Morgan fingerprint density at radius 3 is 2.12 bits per heavy atom. The van der Waals surface area contributed by atoms with Crippen LogP contribution in [0.15, 0.2) is 65.6 Å². The maximum atomic E-state index is 13.3. The molecule has 172 valence electrons. The smallest absolute Gasteiger partial charge is 0.265 e. The van der Waals surface area contributed by atoms with E-state index in [9.17, 15) is 8.42 Å². The van der Waals surface area contributed by atoms with Crippen LogP contribution >= 0.6 is 11.7 Å². The molecule has 0 aliphatic heterocycles. The molecule has 0 aliphatic rings. The van der Waals surface area contributed by atoms with Crippen molar-refractivity contribution < 1.29 is 17.9 Å². The van der Waals surface area contributed by atoms with Crippen molar-refractivity contribution in [3.63, 3.8) is 0 Å². The van der Waals surface area contributed by atoms with Crippen LogP contribution in [-0.4, -0.2) is 41.4 Å². The number of hydrogen-bond acceptors (Lipinski definition) is 10. The Morgan fingerprint density at radius 1 is 0.794 bits per heavy atom. The summed E-state index contributed by atoms with van der Waals surface area (Å²) >= 11 is 0.947. The molecule has 0 saturated carbocycles. The van der Waals surface area contributed by atoms with E-state index in [4.69, 9.17) is 9.47 Å². The van der Waals surface area contributed by atoms with Gasteiger partial charge < -0.3 is 14.8 Å². The predicted molar refractivity (Wildman–Crippen MR) is 131 cm³/mol. The number of sulfonamides is 1. The molecule has 0 fully saturated rings. The van der Waals surface area contributed by atoms with Crippen LogP contribution in [0, 0.1) is 0 Å².